The zero-order valence-electron chi connectivity index (χ0n) is 13.3. The molecule has 0 radical (unpaired) electrons. The molecule has 136 valence electrons. The average molecular weight is 368 g/mol. The van der Waals surface area contributed by atoms with E-state index in [0.29, 0.717) is 0 Å². The molecule has 0 aliphatic carbocycles. The number of hydrogen-bond acceptors (Lipinski definition) is 5. The van der Waals surface area contributed by atoms with E-state index in [4.69, 9.17) is 0 Å². The van der Waals surface area contributed by atoms with Gasteiger partial charge in [-0.05, 0) is 32.4 Å². The van der Waals surface area contributed by atoms with E-state index in [2.05, 4.69) is 8.92 Å². The van der Waals surface area contributed by atoms with Gasteiger partial charge in [0.05, 0.1) is 30.4 Å². The molecule has 0 aliphatic rings. The molecule has 1 aromatic rings. The Labute approximate surface area is 138 Å². The number of benzene rings is 1. The maximum Gasteiger partial charge on any atom is 0.392 e. The van der Waals surface area contributed by atoms with Crippen LogP contribution in [0.5, 0.6) is 0 Å². The summed E-state index contributed by atoms with van der Waals surface area (Å²) in [6, 6.07) is 5.72. The van der Waals surface area contributed by atoms with Crippen LogP contribution in [-0.4, -0.2) is 33.8 Å². The maximum absolute atomic E-state index is 12.9. The van der Waals surface area contributed by atoms with Gasteiger partial charge in [0.2, 0.25) is 0 Å². The summed E-state index contributed by atoms with van der Waals surface area (Å²) in [6.07, 6.45) is -6.18. The molecule has 1 unspecified atom stereocenters. The first-order valence-electron chi connectivity index (χ1n) is 7.24. The molecular formula is C15H19F3O5S. The standard InChI is InChI=1S/C15H19F3O5S/c1-3-22-14(19)10-12(15(16,17)18)8-9-23-24(20,21)13-6-4-11(2)5-7-13/h4-7,12H,3,8-10H2,1-2H3. The van der Waals surface area contributed by atoms with Gasteiger partial charge in [0, 0.05) is 0 Å². The fourth-order valence-corrected chi connectivity index (χ4v) is 2.80. The fourth-order valence-electron chi connectivity index (χ4n) is 1.88. The highest BCUT2D eigenvalue weighted by Crippen LogP contribution is 2.32. The zero-order chi connectivity index (χ0) is 18.4. The molecule has 0 saturated heterocycles. The van der Waals surface area contributed by atoms with Crippen molar-refractivity contribution in [3.63, 3.8) is 0 Å². The number of esters is 1. The Hall–Kier alpha value is -1.61. The van der Waals surface area contributed by atoms with Crippen LogP contribution in [0.1, 0.15) is 25.3 Å². The minimum Gasteiger partial charge on any atom is -0.466 e. The van der Waals surface area contributed by atoms with Gasteiger partial charge in [0.1, 0.15) is 0 Å². The van der Waals surface area contributed by atoms with Crippen molar-refractivity contribution in [3.05, 3.63) is 29.8 Å². The Bertz CT molecular complexity index is 638. The second-order valence-electron chi connectivity index (χ2n) is 5.13. The van der Waals surface area contributed by atoms with Crippen LogP contribution in [0.15, 0.2) is 29.2 Å². The van der Waals surface area contributed by atoms with Crippen molar-refractivity contribution >= 4 is 16.1 Å². The number of hydrogen-bond donors (Lipinski definition) is 0. The Balaban J connectivity index is 2.67. The van der Waals surface area contributed by atoms with Crippen molar-refractivity contribution in [1.29, 1.82) is 0 Å². The van der Waals surface area contributed by atoms with Crippen LogP contribution in [-0.2, 0) is 23.8 Å². The largest absolute Gasteiger partial charge is 0.466 e. The lowest BCUT2D eigenvalue weighted by molar-refractivity contribution is -0.187. The van der Waals surface area contributed by atoms with Crippen molar-refractivity contribution in [2.24, 2.45) is 5.92 Å². The number of aryl methyl sites for hydroxylation is 1. The molecule has 0 N–H and O–H groups in total. The third kappa shape index (κ3) is 6.48. The second-order valence-corrected chi connectivity index (χ2v) is 6.74. The molecular weight excluding hydrogens is 349 g/mol. The van der Waals surface area contributed by atoms with Crippen LogP contribution in [0.3, 0.4) is 0 Å². The third-order valence-electron chi connectivity index (χ3n) is 3.20. The first-order valence-corrected chi connectivity index (χ1v) is 8.65. The second kappa shape index (κ2) is 8.48. The minimum absolute atomic E-state index is 0.0261. The van der Waals surface area contributed by atoms with Crippen molar-refractivity contribution in [2.75, 3.05) is 13.2 Å². The monoisotopic (exact) mass is 368 g/mol. The summed E-state index contributed by atoms with van der Waals surface area (Å²) in [7, 11) is -4.14. The summed E-state index contributed by atoms with van der Waals surface area (Å²) in [5, 5.41) is 0. The molecule has 0 amide bonds. The van der Waals surface area contributed by atoms with Crippen molar-refractivity contribution in [3.8, 4) is 0 Å². The van der Waals surface area contributed by atoms with Gasteiger partial charge in [-0.1, -0.05) is 17.7 Å². The predicted octanol–water partition coefficient (Wildman–Crippen LogP) is 3.22. The van der Waals surface area contributed by atoms with Crippen molar-refractivity contribution in [2.45, 2.75) is 37.8 Å². The third-order valence-corrected chi connectivity index (χ3v) is 4.52. The normalized spacial score (nSPS) is 13.5. The van der Waals surface area contributed by atoms with E-state index < -0.39 is 47.6 Å². The SMILES string of the molecule is CCOC(=O)CC(CCOS(=O)(=O)c1ccc(C)cc1)C(F)(F)F. The number of halogens is 3. The molecule has 0 fully saturated rings. The Kier molecular flexibility index (Phi) is 7.22. The fraction of sp³-hybridized carbons (Fsp3) is 0.533. The minimum atomic E-state index is -4.65. The first kappa shape index (κ1) is 20.4. The molecule has 1 rings (SSSR count). The van der Waals surface area contributed by atoms with E-state index >= 15 is 0 Å². The molecule has 0 spiro atoms. The summed E-state index contributed by atoms with van der Waals surface area (Å²) in [5.41, 5.74) is 0.834. The summed E-state index contributed by atoms with van der Waals surface area (Å²) < 4.78 is 71.6. The molecule has 9 heteroatoms. The number of ether oxygens (including phenoxy) is 1. The van der Waals surface area contributed by atoms with E-state index in [-0.39, 0.29) is 11.5 Å². The Morgan fingerprint density at radius 3 is 2.29 bits per heavy atom. The predicted molar refractivity (Wildman–Crippen MR) is 79.7 cm³/mol. The van der Waals surface area contributed by atoms with Crippen LogP contribution in [0.2, 0.25) is 0 Å². The highest BCUT2D eigenvalue weighted by Gasteiger charge is 2.41. The molecule has 0 aliphatic heterocycles. The molecule has 1 atom stereocenters. The van der Waals surface area contributed by atoms with E-state index in [1.54, 1.807) is 19.1 Å². The Morgan fingerprint density at radius 1 is 1.21 bits per heavy atom. The van der Waals surface area contributed by atoms with Gasteiger partial charge in [-0.15, -0.1) is 0 Å². The molecule has 0 bridgehead atoms. The van der Waals surface area contributed by atoms with E-state index in [0.717, 1.165) is 5.56 Å². The lowest BCUT2D eigenvalue weighted by Gasteiger charge is -2.19. The average Bonchev–Trinajstić information content (AvgIpc) is 2.46. The quantitative estimate of drug-likeness (QED) is 0.520. The van der Waals surface area contributed by atoms with Crippen molar-refractivity contribution < 1.29 is 35.3 Å². The smallest absolute Gasteiger partial charge is 0.392 e. The maximum atomic E-state index is 12.9. The Morgan fingerprint density at radius 2 is 1.79 bits per heavy atom. The molecule has 5 nitrogen and oxygen atoms in total. The summed E-state index contributed by atoms with van der Waals surface area (Å²) in [4.78, 5) is 11.1. The first-order chi connectivity index (χ1) is 11.1. The lowest BCUT2D eigenvalue weighted by atomic mass is 10.0. The van der Waals surface area contributed by atoms with Crippen LogP contribution in [0, 0.1) is 12.8 Å². The van der Waals surface area contributed by atoms with E-state index in [1.165, 1.54) is 19.1 Å². The summed E-state index contributed by atoms with van der Waals surface area (Å²) in [5.74, 6) is -3.01. The van der Waals surface area contributed by atoms with Gasteiger partial charge in [-0.3, -0.25) is 8.98 Å². The molecule has 24 heavy (non-hydrogen) atoms. The lowest BCUT2D eigenvalue weighted by Crippen LogP contribution is -2.28. The van der Waals surface area contributed by atoms with Crippen molar-refractivity contribution in [1.82, 2.24) is 0 Å². The molecule has 1 aromatic carbocycles. The van der Waals surface area contributed by atoms with Gasteiger partial charge in [-0.25, -0.2) is 0 Å². The molecule has 0 heterocycles. The highest BCUT2D eigenvalue weighted by atomic mass is 32.2. The molecule has 0 aromatic heterocycles. The zero-order valence-corrected chi connectivity index (χ0v) is 14.1. The number of carbonyl (C=O) groups is 1. The van der Waals surface area contributed by atoms with Gasteiger partial charge >= 0.3 is 12.1 Å². The molecule has 0 saturated carbocycles. The van der Waals surface area contributed by atoms with Crippen LogP contribution < -0.4 is 0 Å². The number of alkyl halides is 3. The van der Waals surface area contributed by atoms with Crippen LogP contribution >= 0.6 is 0 Å². The topological polar surface area (TPSA) is 69.7 Å². The van der Waals surface area contributed by atoms with E-state index in [1.807, 2.05) is 0 Å². The van der Waals surface area contributed by atoms with Crippen LogP contribution in [0.4, 0.5) is 13.2 Å². The van der Waals surface area contributed by atoms with Gasteiger partial charge in [-0.2, -0.15) is 21.6 Å². The van der Waals surface area contributed by atoms with Gasteiger partial charge < -0.3 is 4.74 Å². The van der Waals surface area contributed by atoms with Gasteiger partial charge in [0.15, 0.2) is 0 Å². The van der Waals surface area contributed by atoms with Crippen LogP contribution in [0.25, 0.3) is 0 Å². The number of carbonyl (C=O) groups excluding carboxylic acids is 1. The number of rotatable bonds is 8. The summed E-state index contributed by atoms with van der Waals surface area (Å²) in [6.45, 7) is 2.54. The highest BCUT2D eigenvalue weighted by molar-refractivity contribution is 7.86. The van der Waals surface area contributed by atoms with E-state index in [9.17, 15) is 26.4 Å². The van der Waals surface area contributed by atoms with Gasteiger partial charge in [0.25, 0.3) is 10.1 Å². The summed E-state index contributed by atoms with van der Waals surface area (Å²) >= 11 is 0.